The van der Waals surface area contributed by atoms with Crippen molar-refractivity contribution in [2.45, 2.75) is 12.5 Å². The number of benzene rings is 1. The number of halogens is 2. The summed E-state index contributed by atoms with van der Waals surface area (Å²) in [4.78, 5) is 16.1. The third-order valence-corrected chi connectivity index (χ3v) is 3.92. The molecule has 0 aliphatic carbocycles. The molecule has 0 unspecified atom stereocenters. The van der Waals surface area contributed by atoms with E-state index < -0.39 is 0 Å². The fourth-order valence-corrected chi connectivity index (χ4v) is 2.47. The lowest BCUT2D eigenvalue weighted by molar-refractivity contribution is 0.216. The van der Waals surface area contributed by atoms with Crippen molar-refractivity contribution in [2.75, 3.05) is 32.5 Å². The number of amides is 2. The van der Waals surface area contributed by atoms with Crippen molar-refractivity contribution in [3.8, 4) is 0 Å². The first-order chi connectivity index (χ1) is 8.97. The van der Waals surface area contributed by atoms with Crippen molar-refractivity contribution in [1.82, 2.24) is 9.80 Å². The molecular weight excluding hydrogens is 285 g/mol. The fourth-order valence-electron chi connectivity index (χ4n) is 2.14. The summed E-state index contributed by atoms with van der Waals surface area (Å²) in [6.07, 6.45) is 0.990. The van der Waals surface area contributed by atoms with Gasteiger partial charge in [-0.15, -0.1) is 0 Å². The molecule has 1 atom stereocenters. The standard InChI is InChI=1S/C13H17Cl2N3O/c1-17(2)10-5-6-18(8-10)13(19)16-12-7-9(14)3-4-11(12)15/h3-4,7,10H,5-6,8H2,1-2H3,(H,16,19)/t10-/m1/s1. The van der Waals surface area contributed by atoms with Crippen LogP contribution >= 0.6 is 23.2 Å². The molecule has 104 valence electrons. The number of anilines is 1. The van der Waals surface area contributed by atoms with Crippen molar-refractivity contribution in [1.29, 1.82) is 0 Å². The van der Waals surface area contributed by atoms with Gasteiger partial charge >= 0.3 is 6.03 Å². The molecule has 0 spiro atoms. The highest BCUT2D eigenvalue weighted by molar-refractivity contribution is 6.35. The molecule has 4 nitrogen and oxygen atoms in total. The van der Waals surface area contributed by atoms with Crippen LogP contribution in [0.2, 0.25) is 10.0 Å². The van der Waals surface area contributed by atoms with E-state index in [-0.39, 0.29) is 6.03 Å². The summed E-state index contributed by atoms with van der Waals surface area (Å²) >= 11 is 11.9. The van der Waals surface area contributed by atoms with Crippen LogP contribution in [0.1, 0.15) is 6.42 Å². The molecule has 1 aliphatic rings. The first-order valence-corrected chi connectivity index (χ1v) is 6.90. The minimum atomic E-state index is -0.131. The maximum Gasteiger partial charge on any atom is 0.321 e. The molecule has 0 saturated carbocycles. The highest BCUT2D eigenvalue weighted by Gasteiger charge is 2.27. The van der Waals surface area contributed by atoms with Gasteiger partial charge in [0.05, 0.1) is 10.7 Å². The molecule has 0 bridgehead atoms. The number of likely N-dealkylation sites (N-methyl/N-ethyl adjacent to an activating group) is 1. The number of nitrogens with one attached hydrogen (secondary N) is 1. The van der Waals surface area contributed by atoms with Crippen LogP contribution in [0, 0.1) is 0 Å². The number of nitrogens with zero attached hydrogens (tertiary/aromatic N) is 2. The van der Waals surface area contributed by atoms with E-state index in [1.807, 2.05) is 14.1 Å². The van der Waals surface area contributed by atoms with Gasteiger partial charge in [-0.2, -0.15) is 0 Å². The van der Waals surface area contributed by atoms with Crippen LogP contribution in [0.25, 0.3) is 0 Å². The minimum absolute atomic E-state index is 0.131. The predicted octanol–water partition coefficient (Wildman–Crippen LogP) is 3.16. The average Bonchev–Trinajstić information content (AvgIpc) is 2.83. The molecule has 2 amide bonds. The predicted molar refractivity (Wildman–Crippen MR) is 79.1 cm³/mol. The van der Waals surface area contributed by atoms with E-state index in [1.165, 1.54) is 0 Å². The quantitative estimate of drug-likeness (QED) is 0.911. The molecule has 1 aliphatic heterocycles. The largest absolute Gasteiger partial charge is 0.323 e. The van der Waals surface area contributed by atoms with Crippen LogP contribution in [0.5, 0.6) is 0 Å². The van der Waals surface area contributed by atoms with Gasteiger partial charge in [-0.3, -0.25) is 0 Å². The molecule has 1 aromatic carbocycles. The topological polar surface area (TPSA) is 35.6 Å². The number of likely N-dealkylation sites (tertiary alicyclic amines) is 1. The van der Waals surface area contributed by atoms with E-state index in [1.54, 1.807) is 23.1 Å². The molecule has 6 heteroatoms. The van der Waals surface area contributed by atoms with Crippen LogP contribution in [-0.2, 0) is 0 Å². The lowest BCUT2D eigenvalue weighted by Crippen LogP contribution is -2.36. The van der Waals surface area contributed by atoms with Gasteiger partial charge in [0.25, 0.3) is 0 Å². The Kier molecular flexibility index (Phi) is 4.55. The second kappa shape index (κ2) is 5.99. The second-order valence-corrected chi connectivity index (χ2v) is 5.75. The Morgan fingerprint density at radius 1 is 1.42 bits per heavy atom. The van der Waals surface area contributed by atoms with Crippen LogP contribution in [-0.4, -0.2) is 49.1 Å². The molecule has 0 aromatic heterocycles. The molecule has 1 heterocycles. The first kappa shape index (κ1) is 14.4. The Bertz CT molecular complexity index is 479. The Morgan fingerprint density at radius 3 is 2.79 bits per heavy atom. The molecule has 2 rings (SSSR count). The average molecular weight is 302 g/mol. The zero-order chi connectivity index (χ0) is 14.0. The summed E-state index contributed by atoms with van der Waals surface area (Å²) in [6, 6.07) is 5.30. The lowest BCUT2D eigenvalue weighted by Gasteiger charge is -2.21. The van der Waals surface area contributed by atoms with Gasteiger partial charge in [-0.25, -0.2) is 4.79 Å². The monoisotopic (exact) mass is 301 g/mol. The molecule has 1 N–H and O–H groups in total. The highest BCUT2D eigenvalue weighted by Crippen LogP contribution is 2.26. The zero-order valence-corrected chi connectivity index (χ0v) is 12.5. The summed E-state index contributed by atoms with van der Waals surface area (Å²) < 4.78 is 0. The normalized spacial score (nSPS) is 19.0. The molecule has 19 heavy (non-hydrogen) atoms. The van der Waals surface area contributed by atoms with E-state index in [9.17, 15) is 4.79 Å². The van der Waals surface area contributed by atoms with E-state index in [0.717, 1.165) is 19.5 Å². The van der Waals surface area contributed by atoms with Crippen molar-refractivity contribution < 1.29 is 4.79 Å². The van der Waals surface area contributed by atoms with Crippen molar-refractivity contribution in [3.05, 3.63) is 28.2 Å². The van der Waals surface area contributed by atoms with Gasteiger partial charge in [0.1, 0.15) is 0 Å². The summed E-state index contributed by atoms with van der Waals surface area (Å²) in [5.41, 5.74) is 0.549. The van der Waals surface area contributed by atoms with Gasteiger partial charge in [0.15, 0.2) is 0 Å². The number of carbonyl (C=O) groups is 1. The molecule has 1 saturated heterocycles. The van der Waals surface area contributed by atoms with Gasteiger partial charge in [-0.1, -0.05) is 23.2 Å². The summed E-state index contributed by atoms with van der Waals surface area (Å²) in [6.45, 7) is 1.49. The maximum atomic E-state index is 12.1. The first-order valence-electron chi connectivity index (χ1n) is 6.15. The van der Waals surface area contributed by atoms with E-state index >= 15 is 0 Å². The second-order valence-electron chi connectivity index (χ2n) is 4.91. The highest BCUT2D eigenvalue weighted by atomic mass is 35.5. The molecule has 1 fully saturated rings. The maximum absolute atomic E-state index is 12.1. The van der Waals surface area contributed by atoms with Crippen LogP contribution in [0.4, 0.5) is 10.5 Å². The van der Waals surface area contributed by atoms with Crippen molar-refractivity contribution in [3.63, 3.8) is 0 Å². The van der Waals surface area contributed by atoms with Gasteiger partial charge in [0.2, 0.25) is 0 Å². The molecular formula is C13H17Cl2N3O. The Balaban J connectivity index is 2.00. The third-order valence-electron chi connectivity index (χ3n) is 3.35. The molecule has 0 radical (unpaired) electrons. The Morgan fingerprint density at radius 2 is 2.16 bits per heavy atom. The van der Waals surface area contributed by atoms with Crippen LogP contribution in [0.3, 0.4) is 0 Å². The summed E-state index contributed by atoms with van der Waals surface area (Å²) in [7, 11) is 4.06. The van der Waals surface area contributed by atoms with Gasteiger partial charge in [0, 0.05) is 24.2 Å². The Hall–Kier alpha value is -0.970. The number of urea groups is 1. The Labute approximate surface area is 123 Å². The minimum Gasteiger partial charge on any atom is -0.323 e. The lowest BCUT2D eigenvalue weighted by atomic mass is 10.2. The van der Waals surface area contributed by atoms with E-state index in [2.05, 4.69) is 10.2 Å². The van der Waals surface area contributed by atoms with Crippen molar-refractivity contribution in [2.24, 2.45) is 0 Å². The summed E-state index contributed by atoms with van der Waals surface area (Å²) in [5, 5.41) is 3.84. The zero-order valence-electron chi connectivity index (χ0n) is 11.0. The van der Waals surface area contributed by atoms with Crippen molar-refractivity contribution >= 4 is 34.9 Å². The third kappa shape index (κ3) is 3.53. The number of rotatable bonds is 2. The van der Waals surface area contributed by atoms with Gasteiger partial charge in [-0.05, 0) is 38.7 Å². The summed E-state index contributed by atoms with van der Waals surface area (Å²) in [5.74, 6) is 0. The molecule has 1 aromatic rings. The number of hydrogen-bond donors (Lipinski definition) is 1. The van der Waals surface area contributed by atoms with Crippen LogP contribution < -0.4 is 5.32 Å². The smallest absolute Gasteiger partial charge is 0.321 e. The van der Waals surface area contributed by atoms with Crippen LogP contribution in [0.15, 0.2) is 18.2 Å². The fraction of sp³-hybridized carbons (Fsp3) is 0.462. The van der Waals surface area contributed by atoms with E-state index in [0.29, 0.717) is 21.8 Å². The SMILES string of the molecule is CN(C)[C@@H]1CCN(C(=O)Nc2cc(Cl)ccc2Cl)C1. The van der Waals surface area contributed by atoms with E-state index in [4.69, 9.17) is 23.2 Å². The number of hydrogen-bond acceptors (Lipinski definition) is 2. The van der Waals surface area contributed by atoms with Gasteiger partial charge < -0.3 is 15.1 Å². The number of carbonyl (C=O) groups excluding carboxylic acids is 1.